The van der Waals surface area contributed by atoms with Crippen molar-refractivity contribution in [3.8, 4) is 11.4 Å². The van der Waals surface area contributed by atoms with Gasteiger partial charge in [-0.2, -0.15) is 0 Å². The Morgan fingerprint density at radius 3 is 2.49 bits per heavy atom. The summed E-state index contributed by atoms with van der Waals surface area (Å²) in [5, 5.41) is 20.8. The summed E-state index contributed by atoms with van der Waals surface area (Å²) in [5.74, 6) is 1.25. The number of aromatic nitrogens is 3. The topological polar surface area (TPSA) is 83.1 Å². The molecule has 35 heavy (non-hydrogen) atoms. The maximum atomic E-state index is 11.7. The van der Waals surface area contributed by atoms with Crippen LogP contribution in [0.25, 0.3) is 5.69 Å². The van der Waals surface area contributed by atoms with Gasteiger partial charge in [-0.1, -0.05) is 69.1 Å². The number of thioether (sulfide) groups is 1. The maximum Gasteiger partial charge on any atom is 0.220 e. The molecule has 0 aliphatic carbocycles. The number of nitro groups is 1. The number of hydrogen-bond donors (Lipinski definition) is 0. The average molecular weight is 574 g/mol. The fraction of sp³-hybridized carbons (Fsp3) is 0.200. The summed E-state index contributed by atoms with van der Waals surface area (Å²) in [5.41, 5.74) is 3.71. The molecule has 0 saturated carbocycles. The van der Waals surface area contributed by atoms with Crippen LogP contribution in [0.3, 0.4) is 0 Å². The van der Waals surface area contributed by atoms with Crippen LogP contribution in [0.5, 0.6) is 5.75 Å². The Bertz CT molecular complexity index is 1330. The molecule has 180 valence electrons. The van der Waals surface area contributed by atoms with Gasteiger partial charge >= 0.3 is 0 Å². The number of benzene rings is 3. The maximum absolute atomic E-state index is 11.7. The van der Waals surface area contributed by atoms with Gasteiger partial charge in [-0.15, -0.1) is 10.2 Å². The number of hydrogen-bond acceptors (Lipinski definition) is 6. The van der Waals surface area contributed by atoms with Gasteiger partial charge in [0.25, 0.3) is 0 Å². The van der Waals surface area contributed by atoms with Crippen LogP contribution in [0.15, 0.2) is 76.4 Å². The lowest BCUT2D eigenvalue weighted by Gasteiger charge is -2.18. The van der Waals surface area contributed by atoms with Gasteiger partial charge in [0.2, 0.25) is 6.54 Å². The van der Waals surface area contributed by atoms with Crippen LogP contribution in [0.4, 0.5) is 0 Å². The smallest absolute Gasteiger partial charge is 0.220 e. The van der Waals surface area contributed by atoms with Crippen molar-refractivity contribution < 1.29 is 9.66 Å². The summed E-state index contributed by atoms with van der Waals surface area (Å²) >= 11 is 10.8. The van der Waals surface area contributed by atoms with Gasteiger partial charge in [0, 0.05) is 25.7 Å². The molecular formula is C25H22BrClN4O3S. The summed E-state index contributed by atoms with van der Waals surface area (Å²) in [6, 6.07) is 20.9. The van der Waals surface area contributed by atoms with E-state index in [-0.39, 0.29) is 11.5 Å². The number of ether oxygens (including phenoxy) is 1. The molecule has 4 aromatic rings. The van der Waals surface area contributed by atoms with Crippen LogP contribution in [0.2, 0.25) is 5.02 Å². The summed E-state index contributed by atoms with van der Waals surface area (Å²) in [6.07, 6.45) is 0. The quantitative estimate of drug-likeness (QED) is 0.122. The summed E-state index contributed by atoms with van der Waals surface area (Å²) in [6.45, 7) is 3.91. The lowest BCUT2D eigenvalue weighted by Crippen LogP contribution is -2.12. The monoisotopic (exact) mass is 572 g/mol. The highest BCUT2D eigenvalue weighted by Gasteiger charge is 2.27. The van der Waals surface area contributed by atoms with Gasteiger partial charge in [-0.25, -0.2) is 0 Å². The summed E-state index contributed by atoms with van der Waals surface area (Å²) < 4.78 is 8.80. The minimum Gasteiger partial charge on any atom is -0.489 e. The minimum absolute atomic E-state index is 0.311. The Hall–Kier alpha value is -2.88. The van der Waals surface area contributed by atoms with Crippen molar-refractivity contribution in [2.75, 3.05) is 6.54 Å². The molecule has 0 N–H and O–H groups in total. The molecule has 0 spiro atoms. The van der Waals surface area contributed by atoms with E-state index in [0.29, 0.717) is 33.9 Å². The van der Waals surface area contributed by atoms with E-state index in [0.717, 1.165) is 15.7 Å². The van der Waals surface area contributed by atoms with Gasteiger partial charge < -0.3 is 4.74 Å². The predicted molar refractivity (Wildman–Crippen MR) is 141 cm³/mol. The van der Waals surface area contributed by atoms with Crippen LogP contribution >= 0.6 is 39.3 Å². The number of halogens is 2. The third-order valence-electron chi connectivity index (χ3n) is 5.28. The van der Waals surface area contributed by atoms with Crippen LogP contribution in [0, 0.1) is 24.0 Å². The zero-order chi connectivity index (χ0) is 24.9. The third kappa shape index (κ3) is 6.42. The number of rotatable bonds is 9. The molecular weight excluding hydrogens is 552 g/mol. The molecule has 10 heteroatoms. The Balaban J connectivity index is 1.67. The van der Waals surface area contributed by atoms with E-state index in [9.17, 15) is 10.1 Å². The van der Waals surface area contributed by atoms with Gasteiger partial charge in [0.1, 0.15) is 23.4 Å². The lowest BCUT2D eigenvalue weighted by atomic mass is 10.1. The van der Waals surface area contributed by atoms with Crippen molar-refractivity contribution in [1.82, 2.24) is 14.8 Å². The first-order valence-corrected chi connectivity index (χ1v) is 12.8. The molecule has 1 aromatic heterocycles. The van der Waals surface area contributed by atoms with Crippen molar-refractivity contribution in [2.24, 2.45) is 0 Å². The molecule has 0 aliphatic heterocycles. The fourth-order valence-electron chi connectivity index (χ4n) is 3.52. The summed E-state index contributed by atoms with van der Waals surface area (Å²) in [4.78, 5) is 11.3. The molecule has 3 aromatic carbocycles. The van der Waals surface area contributed by atoms with E-state index in [1.807, 2.05) is 73.0 Å². The highest BCUT2D eigenvalue weighted by atomic mass is 79.9. The number of aryl methyl sites for hydroxylation is 2. The van der Waals surface area contributed by atoms with E-state index in [4.69, 9.17) is 16.3 Å². The van der Waals surface area contributed by atoms with Gasteiger partial charge in [0.15, 0.2) is 5.16 Å². The molecule has 0 radical (unpaired) electrons. The molecule has 1 atom stereocenters. The van der Waals surface area contributed by atoms with E-state index in [1.54, 1.807) is 12.1 Å². The Morgan fingerprint density at radius 2 is 1.80 bits per heavy atom. The molecule has 7 nitrogen and oxygen atoms in total. The highest BCUT2D eigenvalue weighted by Crippen LogP contribution is 2.41. The first kappa shape index (κ1) is 25.2. The predicted octanol–water partition coefficient (Wildman–Crippen LogP) is 6.99. The van der Waals surface area contributed by atoms with Crippen molar-refractivity contribution >= 4 is 39.3 Å². The molecule has 0 bridgehead atoms. The zero-order valence-electron chi connectivity index (χ0n) is 19.0. The van der Waals surface area contributed by atoms with E-state index in [1.165, 1.54) is 17.3 Å². The minimum atomic E-state index is -0.565. The highest BCUT2D eigenvalue weighted by molar-refractivity contribution is 9.10. The van der Waals surface area contributed by atoms with Crippen molar-refractivity contribution in [3.05, 3.63) is 109 Å². The second-order valence-corrected chi connectivity index (χ2v) is 10.4. The Morgan fingerprint density at radius 1 is 1.09 bits per heavy atom. The van der Waals surface area contributed by atoms with Crippen molar-refractivity contribution in [3.63, 3.8) is 0 Å². The molecule has 0 saturated heterocycles. The molecule has 4 rings (SSSR count). The fourth-order valence-corrected chi connectivity index (χ4v) is 5.21. The second kappa shape index (κ2) is 11.2. The Labute approximate surface area is 220 Å². The third-order valence-corrected chi connectivity index (χ3v) is 7.18. The van der Waals surface area contributed by atoms with Crippen molar-refractivity contribution in [2.45, 2.75) is 30.9 Å². The standard InChI is InChI=1S/C25H22BrClN4O3S/c1-16-3-5-18(6-4-16)15-34-23-12-7-19(26)13-22(23)24(14-30(32)33)35-25-29-28-17(2)31(25)21-10-8-20(27)9-11-21/h3-13,24H,14-15H2,1-2H3/t24-/m1/s1. The van der Waals surface area contributed by atoms with E-state index in [2.05, 4.69) is 26.1 Å². The second-order valence-electron chi connectivity index (χ2n) is 7.92. The van der Waals surface area contributed by atoms with Gasteiger partial charge in [0.05, 0.1) is 0 Å². The molecule has 0 unspecified atom stereocenters. The zero-order valence-corrected chi connectivity index (χ0v) is 22.2. The normalized spacial score (nSPS) is 11.9. The van der Waals surface area contributed by atoms with Crippen LogP contribution < -0.4 is 4.74 Å². The average Bonchev–Trinajstić information content (AvgIpc) is 3.19. The molecule has 0 aliphatic rings. The first-order valence-electron chi connectivity index (χ1n) is 10.7. The van der Waals surface area contributed by atoms with E-state index >= 15 is 0 Å². The lowest BCUT2D eigenvalue weighted by molar-refractivity contribution is -0.479. The van der Waals surface area contributed by atoms with E-state index < -0.39 is 5.25 Å². The number of nitrogens with zero attached hydrogens (tertiary/aromatic N) is 4. The molecule has 0 fully saturated rings. The SMILES string of the molecule is Cc1ccc(COc2ccc(Br)cc2[C@@H](C[N+](=O)[O-])Sc2nnc(C)n2-c2ccc(Cl)cc2)cc1. The van der Waals surface area contributed by atoms with Crippen LogP contribution in [-0.2, 0) is 6.61 Å². The summed E-state index contributed by atoms with van der Waals surface area (Å²) in [7, 11) is 0. The molecule has 1 heterocycles. The first-order chi connectivity index (χ1) is 16.8. The molecule has 0 amide bonds. The van der Waals surface area contributed by atoms with Gasteiger partial charge in [-0.3, -0.25) is 14.7 Å². The largest absolute Gasteiger partial charge is 0.489 e. The van der Waals surface area contributed by atoms with Gasteiger partial charge in [-0.05, 0) is 61.9 Å². The van der Waals surface area contributed by atoms with Crippen LogP contribution in [0.1, 0.15) is 27.8 Å². The van der Waals surface area contributed by atoms with Crippen molar-refractivity contribution in [1.29, 1.82) is 0 Å². The Kier molecular flexibility index (Phi) is 8.10. The van der Waals surface area contributed by atoms with Crippen LogP contribution in [-0.4, -0.2) is 26.2 Å².